The minimum absolute atomic E-state index is 0.0113. The number of aliphatic hydroxyl groups excluding tert-OH is 1. The second kappa shape index (κ2) is 5.69. The van der Waals surface area contributed by atoms with Gasteiger partial charge >= 0.3 is 0 Å². The molecule has 5 nitrogen and oxygen atoms in total. The Kier molecular flexibility index (Phi) is 4.73. The summed E-state index contributed by atoms with van der Waals surface area (Å²) >= 11 is 0. The summed E-state index contributed by atoms with van der Waals surface area (Å²) in [7, 11) is 0. The van der Waals surface area contributed by atoms with Gasteiger partial charge in [0.05, 0.1) is 6.10 Å². The quantitative estimate of drug-likeness (QED) is 0.773. The molecule has 0 aromatic carbocycles. The Bertz CT molecular complexity index is 321. The number of hydrogen-bond acceptors (Lipinski definition) is 3. The average Bonchev–Trinajstić information content (AvgIpc) is 2.71. The van der Waals surface area contributed by atoms with Crippen molar-refractivity contribution in [1.29, 1.82) is 0 Å². The topological polar surface area (TPSA) is 69.6 Å². The van der Waals surface area contributed by atoms with Gasteiger partial charge in [0.15, 0.2) is 0 Å². The average molecular weight is 256 g/mol. The van der Waals surface area contributed by atoms with Crippen LogP contribution in [-0.2, 0) is 9.59 Å². The number of nitrogens with one attached hydrogen (secondary N) is 1. The van der Waals surface area contributed by atoms with Crippen molar-refractivity contribution in [2.45, 2.75) is 52.7 Å². The Hall–Kier alpha value is -1.10. The van der Waals surface area contributed by atoms with Gasteiger partial charge in [0.2, 0.25) is 11.8 Å². The molecular weight excluding hydrogens is 232 g/mol. The fourth-order valence-electron chi connectivity index (χ4n) is 2.08. The van der Waals surface area contributed by atoms with E-state index >= 15 is 0 Å². The van der Waals surface area contributed by atoms with Gasteiger partial charge in [-0.05, 0) is 19.8 Å². The molecule has 18 heavy (non-hydrogen) atoms. The van der Waals surface area contributed by atoms with Crippen LogP contribution >= 0.6 is 0 Å². The number of hydrogen-bond donors (Lipinski definition) is 2. The molecule has 0 aromatic heterocycles. The van der Waals surface area contributed by atoms with Crippen LogP contribution in [-0.4, -0.2) is 47.1 Å². The molecule has 0 aliphatic carbocycles. The lowest BCUT2D eigenvalue weighted by atomic mass is 9.94. The van der Waals surface area contributed by atoms with E-state index in [0.29, 0.717) is 13.0 Å². The monoisotopic (exact) mass is 256 g/mol. The second-order valence-corrected chi connectivity index (χ2v) is 6.00. The number of aliphatic hydroxyl groups is 1. The Morgan fingerprint density at radius 1 is 1.44 bits per heavy atom. The molecule has 2 unspecified atom stereocenters. The van der Waals surface area contributed by atoms with Gasteiger partial charge in [-0.3, -0.25) is 9.59 Å². The van der Waals surface area contributed by atoms with Crippen molar-refractivity contribution in [2.24, 2.45) is 5.41 Å². The fourth-order valence-corrected chi connectivity index (χ4v) is 2.08. The van der Waals surface area contributed by atoms with Crippen molar-refractivity contribution in [3.05, 3.63) is 0 Å². The molecule has 5 heteroatoms. The van der Waals surface area contributed by atoms with E-state index in [1.165, 1.54) is 0 Å². The molecule has 104 valence electrons. The van der Waals surface area contributed by atoms with Crippen LogP contribution in [0, 0.1) is 5.41 Å². The maximum Gasteiger partial charge on any atom is 0.242 e. The number of likely N-dealkylation sites (tertiary alicyclic amines) is 1. The van der Waals surface area contributed by atoms with E-state index in [2.05, 4.69) is 5.32 Å². The van der Waals surface area contributed by atoms with E-state index in [0.717, 1.165) is 6.42 Å². The van der Waals surface area contributed by atoms with Crippen molar-refractivity contribution >= 4 is 11.8 Å². The third-order valence-corrected chi connectivity index (χ3v) is 3.03. The molecule has 0 aromatic rings. The number of carbonyl (C=O) groups is 2. The normalized spacial score (nSPS) is 21.8. The Morgan fingerprint density at radius 3 is 2.56 bits per heavy atom. The Labute approximate surface area is 109 Å². The molecule has 0 bridgehead atoms. The summed E-state index contributed by atoms with van der Waals surface area (Å²) in [4.78, 5) is 25.9. The SMILES string of the molecule is CC(O)CNC(=O)C1CCCN1C(=O)C(C)(C)C. The van der Waals surface area contributed by atoms with Crippen LogP contribution in [0.5, 0.6) is 0 Å². The van der Waals surface area contributed by atoms with E-state index < -0.39 is 11.5 Å². The zero-order valence-electron chi connectivity index (χ0n) is 11.7. The van der Waals surface area contributed by atoms with E-state index in [1.807, 2.05) is 20.8 Å². The van der Waals surface area contributed by atoms with Crippen LogP contribution < -0.4 is 5.32 Å². The van der Waals surface area contributed by atoms with E-state index in [1.54, 1.807) is 11.8 Å². The highest BCUT2D eigenvalue weighted by Crippen LogP contribution is 2.25. The van der Waals surface area contributed by atoms with E-state index in [4.69, 9.17) is 5.11 Å². The number of carbonyl (C=O) groups excluding carboxylic acids is 2. The Morgan fingerprint density at radius 2 is 2.06 bits per heavy atom. The van der Waals surface area contributed by atoms with Gasteiger partial charge in [-0.1, -0.05) is 20.8 Å². The van der Waals surface area contributed by atoms with Crippen molar-refractivity contribution < 1.29 is 14.7 Å². The highest BCUT2D eigenvalue weighted by Gasteiger charge is 2.38. The maximum absolute atomic E-state index is 12.2. The van der Waals surface area contributed by atoms with Gasteiger partial charge in [-0.2, -0.15) is 0 Å². The third kappa shape index (κ3) is 3.70. The molecule has 1 heterocycles. The van der Waals surface area contributed by atoms with Gasteiger partial charge in [-0.15, -0.1) is 0 Å². The minimum atomic E-state index is -0.567. The van der Waals surface area contributed by atoms with Crippen LogP contribution in [0.15, 0.2) is 0 Å². The summed E-state index contributed by atoms with van der Waals surface area (Å²) in [5, 5.41) is 11.8. The van der Waals surface area contributed by atoms with Gasteiger partial charge in [-0.25, -0.2) is 0 Å². The molecule has 1 rings (SSSR count). The molecule has 1 saturated heterocycles. The molecule has 1 fully saturated rings. The number of amides is 2. The van der Waals surface area contributed by atoms with Crippen molar-refractivity contribution in [2.75, 3.05) is 13.1 Å². The van der Waals surface area contributed by atoms with Crippen LogP contribution in [0.1, 0.15) is 40.5 Å². The van der Waals surface area contributed by atoms with E-state index in [-0.39, 0.29) is 24.4 Å². The third-order valence-electron chi connectivity index (χ3n) is 3.03. The zero-order valence-corrected chi connectivity index (χ0v) is 11.7. The van der Waals surface area contributed by atoms with Crippen molar-refractivity contribution in [1.82, 2.24) is 10.2 Å². The van der Waals surface area contributed by atoms with E-state index in [9.17, 15) is 9.59 Å². The fraction of sp³-hybridized carbons (Fsp3) is 0.846. The first kappa shape index (κ1) is 15.0. The number of rotatable bonds is 3. The molecule has 2 N–H and O–H groups in total. The summed E-state index contributed by atoms with van der Waals surface area (Å²) < 4.78 is 0. The molecule has 0 radical (unpaired) electrons. The molecule has 0 spiro atoms. The lowest BCUT2D eigenvalue weighted by Crippen LogP contribution is -2.50. The lowest BCUT2D eigenvalue weighted by molar-refractivity contribution is -0.144. The molecule has 1 aliphatic rings. The van der Waals surface area contributed by atoms with Gasteiger partial charge in [0, 0.05) is 18.5 Å². The Balaban J connectivity index is 2.65. The van der Waals surface area contributed by atoms with Gasteiger partial charge in [0.1, 0.15) is 6.04 Å². The van der Waals surface area contributed by atoms with Crippen molar-refractivity contribution in [3.63, 3.8) is 0 Å². The molecule has 0 saturated carbocycles. The highest BCUT2D eigenvalue weighted by molar-refractivity contribution is 5.90. The first-order chi connectivity index (χ1) is 8.23. The van der Waals surface area contributed by atoms with Gasteiger partial charge < -0.3 is 15.3 Å². The molecule has 2 amide bonds. The van der Waals surface area contributed by atoms with Crippen LogP contribution in [0.25, 0.3) is 0 Å². The molecule has 1 aliphatic heterocycles. The van der Waals surface area contributed by atoms with Crippen LogP contribution in [0.2, 0.25) is 0 Å². The lowest BCUT2D eigenvalue weighted by Gasteiger charge is -2.30. The predicted octanol–water partition coefficient (Wildman–Crippen LogP) is 0.520. The molecule has 2 atom stereocenters. The first-order valence-corrected chi connectivity index (χ1v) is 6.50. The van der Waals surface area contributed by atoms with Gasteiger partial charge in [0.25, 0.3) is 0 Å². The van der Waals surface area contributed by atoms with Crippen LogP contribution in [0.3, 0.4) is 0 Å². The smallest absolute Gasteiger partial charge is 0.242 e. The predicted molar refractivity (Wildman–Crippen MR) is 68.9 cm³/mol. The standard InChI is InChI=1S/C13H24N2O3/c1-9(16)8-14-11(17)10-6-5-7-15(10)12(18)13(2,3)4/h9-10,16H,5-8H2,1-4H3,(H,14,17). The molecular formula is C13H24N2O3. The van der Waals surface area contributed by atoms with Crippen molar-refractivity contribution in [3.8, 4) is 0 Å². The largest absolute Gasteiger partial charge is 0.392 e. The first-order valence-electron chi connectivity index (χ1n) is 6.50. The second-order valence-electron chi connectivity index (χ2n) is 6.00. The summed E-state index contributed by atoms with van der Waals surface area (Å²) in [5.41, 5.74) is -0.465. The number of nitrogens with zero attached hydrogens (tertiary/aromatic N) is 1. The highest BCUT2D eigenvalue weighted by atomic mass is 16.3. The van der Waals surface area contributed by atoms with Crippen LogP contribution in [0.4, 0.5) is 0 Å². The zero-order chi connectivity index (χ0) is 13.9. The minimum Gasteiger partial charge on any atom is -0.392 e. The maximum atomic E-state index is 12.2. The summed E-state index contributed by atoms with van der Waals surface area (Å²) in [6, 6.07) is -0.379. The summed E-state index contributed by atoms with van der Waals surface area (Å²) in [6.45, 7) is 8.07. The summed E-state index contributed by atoms with van der Waals surface area (Å²) in [6.07, 6.45) is 0.990. The summed E-state index contributed by atoms with van der Waals surface area (Å²) in [5.74, 6) is -0.150.